The van der Waals surface area contributed by atoms with Crippen LogP contribution in [0.3, 0.4) is 0 Å². The number of hydrogen-bond donors (Lipinski definition) is 0. The van der Waals surface area contributed by atoms with Gasteiger partial charge >= 0.3 is 6.18 Å². The molecule has 0 N–H and O–H groups in total. The molecule has 0 aromatic heterocycles. The Balaban J connectivity index is 2.38. The van der Waals surface area contributed by atoms with Crippen molar-refractivity contribution in [1.29, 1.82) is 0 Å². The van der Waals surface area contributed by atoms with Gasteiger partial charge in [0, 0.05) is 0 Å². The van der Waals surface area contributed by atoms with Crippen LogP contribution in [0.2, 0.25) is 5.02 Å². The lowest BCUT2D eigenvalue weighted by atomic mass is 10.2. The standard InChI is InChI=1S/C13H6ClF4O/c14-10-6-8(13(16,17)18)7-11(15)12(10)19-9-4-2-1-3-5-9/h2-7H. The van der Waals surface area contributed by atoms with Gasteiger partial charge in [0.2, 0.25) is 0 Å². The lowest BCUT2D eigenvalue weighted by molar-refractivity contribution is -0.137. The largest absolute Gasteiger partial charge is 0.453 e. The molecule has 1 radical (unpaired) electrons. The maximum absolute atomic E-state index is 13.6. The third kappa shape index (κ3) is 3.17. The predicted molar refractivity (Wildman–Crippen MR) is 61.8 cm³/mol. The highest BCUT2D eigenvalue weighted by Gasteiger charge is 2.32. The summed E-state index contributed by atoms with van der Waals surface area (Å²) in [5, 5.41) is -0.444. The van der Waals surface area contributed by atoms with Gasteiger partial charge in [-0.2, -0.15) is 13.2 Å². The second-order valence-electron chi connectivity index (χ2n) is 3.60. The van der Waals surface area contributed by atoms with Gasteiger partial charge in [0.1, 0.15) is 5.75 Å². The predicted octanol–water partition coefficient (Wildman–Crippen LogP) is 5.09. The van der Waals surface area contributed by atoms with Gasteiger partial charge in [-0.25, -0.2) is 4.39 Å². The normalized spacial score (nSPS) is 11.4. The summed E-state index contributed by atoms with van der Waals surface area (Å²) in [5.41, 5.74) is -1.16. The Morgan fingerprint density at radius 2 is 1.74 bits per heavy atom. The van der Waals surface area contributed by atoms with Crippen LogP contribution in [-0.4, -0.2) is 0 Å². The topological polar surface area (TPSA) is 9.23 Å². The Bertz CT molecular complexity index is 558. The van der Waals surface area contributed by atoms with Crippen LogP contribution in [0.25, 0.3) is 0 Å². The van der Waals surface area contributed by atoms with Gasteiger partial charge in [0.25, 0.3) is 0 Å². The molecule has 0 unspecified atom stereocenters. The molecule has 2 rings (SSSR count). The summed E-state index contributed by atoms with van der Waals surface area (Å²) in [6.07, 6.45) is -4.66. The quantitative estimate of drug-likeness (QED) is 0.700. The Labute approximate surface area is 111 Å². The SMILES string of the molecule is Fc1cc(C(F)(F)F)cc(Cl)c1Oc1cc[c]cc1. The van der Waals surface area contributed by atoms with E-state index in [1.807, 2.05) is 0 Å². The third-order valence-electron chi connectivity index (χ3n) is 2.23. The van der Waals surface area contributed by atoms with Gasteiger partial charge in [-0.1, -0.05) is 23.7 Å². The zero-order valence-corrected chi connectivity index (χ0v) is 10.0. The Morgan fingerprint density at radius 1 is 1.11 bits per heavy atom. The zero-order valence-electron chi connectivity index (χ0n) is 9.26. The van der Waals surface area contributed by atoms with E-state index in [1.165, 1.54) is 24.3 Å². The molecular formula is C13H6ClF4O. The van der Waals surface area contributed by atoms with E-state index in [0.717, 1.165) is 0 Å². The first-order chi connectivity index (χ1) is 8.88. The molecule has 0 aliphatic rings. The number of rotatable bonds is 2. The van der Waals surface area contributed by atoms with Gasteiger partial charge in [0.05, 0.1) is 10.6 Å². The fourth-order valence-corrected chi connectivity index (χ4v) is 1.62. The van der Waals surface area contributed by atoms with Crippen molar-refractivity contribution in [2.24, 2.45) is 0 Å². The Morgan fingerprint density at radius 3 is 2.26 bits per heavy atom. The fraction of sp³-hybridized carbons (Fsp3) is 0.0769. The Hall–Kier alpha value is -1.75. The average Bonchev–Trinajstić information content (AvgIpc) is 2.33. The van der Waals surface area contributed by atoms with Crippen LogP contribution < -0.4 is 4.74 Å². The Kier molecular flexibility index (Phi) is 3.66. The average molecular weight is 290 g/mol. The number of halogens is 5. The van der Waals surface area contributed by atoms with Crippen molar-refractivity contribution in [3.8, 4) is 11.5 Å². The molecular weight excluding hydrogens is 284 g/mol. The van der Waals surface area contributed by atoms with Crippen molar-refractivity contribution in [3.63, 3.8) is 0 Å². The van der Waals surface area contributed by atoms with Gasteiger partial charge in [0.15, 0.2) is 11.6 Å². The monoisotopic (exact) mass is 289 g/mol. The minimum atomic E-state index is -4.66. The van der Waals surface area contributed by atoms with Gasteiger partial charge in [-0.15, -0.1) is 0 Å². The van der Waals surface area contributed by atoms with Crippen LogP contribution in [0.4, 0.5) is 17.6 Å². The van der Waals surface area contributed by atoms with Crippen LogP contribution >= 0.6 is 11.6 Å². The summed E-state index contributed by atoms with van der Waals surface area (Å²) in [6, 6.07) is 9.68. The lowest BCUT2D eigenvalue weighted by Gasteiger charge is -2.12. The molecule has 2 aromatic carbocycles. The molecule has 2 aromatic rings. The van der Waals surface area contributed by atoms with E-state index in [0.29, 0.717) is 12.1 Å². The first kappa shape index (κ1) is 13.7. The smallest absolute Gasteiger partial charge is 0.416 e. The van der Waals surface area contributed by atoms with E-state index >= 15 is 0 Å². The van der Waals surface area contributed by atoms with Gasteiger partial charge in [-0.3, -0.25) is 0 Å². The highest BCUT2D eigenvalue weighted by Crippen LogP contribution is 2.38. The molecule has 0 heterocycles. The van der Waals surface area contributed by atoms with Crippen molar-refractivity contribution in [2.45, 2.75) is 6.18 Å². The molecule has 0 aliphatic carbocycles. The fourth-order valence-electron chi connectivity index (χ4n) is 1.38. The summed E-state index contributed by atoms with van der Waals surface area (Å²) in [6.45, 7) is 0. The highest BCUT2D eigenvalue weighted by molar-refractivity contribution is 6.32. The van der Waals surface area contributed by atoms with E-state index in [1.54, 1.807) is 0 Å². The van der Waals surface area contributed by atoms with Gasteiger partial charge in [-0.05, 0) is 30.3 Å². The molecule has 19 heavy (non-hydrogen) atoms. The number of ether oxygens (including phenoxy) is 1. The molecule has 0 saturated carbocycles. The van der Waals surface area contributed by atoms with E-state index < -0.39 is 28.3 Å². The van der Waals surface area contributed by atoms with Crippen LogP contribution in [0.15, 0.2) is 36.4 Å². The van der Waals surface area contributed by atoms with E-state index in [9.17, 15) is 17.6 Å². The number of alkyl halides is 3. The summed E-state index contributed by atoms with van der Waals surface area (Å²) >= 11 is 5.62. The van der Waals surface area contributed by atoms with E-state index in [2.05, 4.69) is 6.07 Å². The maximum Gasteiger partial charge on any atom is 0.416 e. The molecule has 0 amide bonds. The molecule has 0 spiro atoms. The molecule has 0 aliphatic heterocycles. The molecule has 0 saturated heterocycles. The highest BCUT2D eigenvalue weighted by atomic mass is 35.5. The van der Waals surface area contributed by atoms with Crippen LogP contribution in [0.1, 0.15) is 5.56 Å². The third-order valence-corrected chi connectivity index (χ3v) is 2.51. The van der Waals surface area contributed by atoms with Crippen LogP contribution in [0, 0.1) is 11.9 Å². The van der Waals surface area contributed by atoms with Crippen molar-refractivity contribution < 1.29 is 22.3 Å². The van der Waals surface area contributed by atoms with Crippen LogP contribution in [0.5, 0.6) is 11.5 Å². The number of hydrogen-bond acceptors (Lipinski definition) is 1. The van der Waals surface area contributed by atoms with Crippen molar-refractivity contribution in [1.82, 2.24) is 0 Å². The maximum atomic E-state index is 13.6. The van der Waals surface area contributed by atoms with E-state index in [-0.39, 0.29) is 5.75 Å². The van der Waals surface area contributed by atoms with Crippen LogP contribution in [-0.2, 0) is 6.18 Å². The zero-order chi connectivity index (χ0) is 14.0. The summed E-state index contributed by atoms with van der Waals surface area (Å²) in [7, 11) is 0. The molecule has 99 valence electrons. The summed E-state index contributed by atoms with van der Waals surface area (Å²) in [5.74, 6) is -1.37. The second kappa shape index (κ2) is 5.09. The molecule has 6 heteroatoms. The summed E-state index contributed by atoms with van der Waals surface area (Å²) < 4.78 is 56.0. The molecule has 1 nitrogen and oxygen atoms in total. The van der Waals surface area contributed by atoms with Crippen molar-refractivity contribution >= 4 is 11.6 Å². The van der Waals surface area contributed by atoms with E-state index in [4.69, 9.17) is 16.3 Å². The minimum Gasteiger partial charge on any atom is -0.453 e. The molecule has 0 atom stereocenters. The second-order valence-corrected chi connectivity index (χ2v) is 4.01. The minimum absolute atomic E-state index is 0.249. The van der Waals surface area contributed by atoms with Crippen molar-refractivity contribution in [2.75, 3.05) is 0 Å². The lowest BCUT2D eigenvalue weighted by Crippen LogP contribution is -2.06. The first-order valence-corrected chi connectivity index (χ1v) is 5.46. The van der Waals surface area contributed by atoms with Crippen molar-refractivity contribution in [3.05, 3.63) is 58.9 Å². The number of benzene rings is 2. The first-order valence-electron chi connectivity index (χ1n) is 5.08. The summed E-state index contributed by atoms with van der Waals surface area (Å²) in [4.78, 5) is 0. The molecule has 0 bridgehead atoms. The van der Waals surface area contributed by atoms with Gasteiger partial charge < -0.3 is 4.74 Å². The molecule has 0 fully saturated rings.